The van der Waals surface area contributed by atoms with Gasteiger partial charge < -0.3 is 14.8 Å². The third-order valence-corrected chi connectivity index (χ3v) is 6.06. The molecule has 168 valence electrons. The minimum atomic E-state index is -0.305. The van der Waals surface area contributed by atoms with Gasteiger partial charge in [0.15, 0.2) is 18.1 Å². The second-order valence-corrected chi connectivity index (χ2v) is 9.27. The maximum atomic E-state index is 12.6. The van der Waals surface area contributed by atoms with E-state index < -0.39 is 0 Å². The Bertz CT molecular complexity index is 1060. The Morgan fingerprint density at radius 3 is 2.53 bits per heavy atom. The summed E-state index contributed by atoms with van der Waals surface area (Å²) in [6.07, 6.45) is 1.67. The van der Waals surface area contributed by atoms with Gasteiger partial charge in [0.2, 0.25) is 0 Å². The molecule has 32 heavy (non-hydrogen) atoms. The van der Waals surface area contributed by atoms with E-state index in [0.717, 1.165) is 15.3 Å². The summed E-state index contributed by atoms with van der Waals surface area (Å²) < 4.78 is 12.2. The molecule has 7 nitrogen and oxygen atoms in total. The molecule has 0 aliphatic carbocycles. The van der Waals surface area contributed by atoms with E-state index in [2.05, 4.69) is 27.9 Å². The molecule has 1 N–H and O–H groups in total. The highest BCUT2D eigenvalue weighted by Crippen LogP contribution is 2.38. The molecule has 2 aromatic rings. The number of hydrogen-bond acceptors (Lipinski definition) is 6. The number of benzene rings is 2. The van der Waals surface area contributed by atoms with Gasteiger partial charge in [0.05, 0.1) is 15.1 Å². The minimum absolute atomic E-state index is 0.183. The number of thioether (sulfide) groups is 1. The average molecular weight is 566 g/mol. The number of ether oxygens (including phenoxy) is 2. The first-order valence-electron chi connectivity index (χ1n) is 10.0. The van der Waals surface area contributed by atoms with Gasteiger partial charge in [0.1, 0.15) is 0 Å². The van der Waals surface area contributed by atoms with Crippen LogP contribution in [0.15, 0.2) is 47.4 Å². The summed E-state index contributed by atoms with van der Waals surface area (Å²) in [4.78, 5) is 38.6. The molecule has 1 aliphatic heterocycles. The van der Waals surface area contributed by atoms with Crippen LogP contribution in [0.25, 0.3) is 6.08 Å². The smallest absolute Gasteiger partial charge is 0.293 e. The summed E-state index contributed by atoms with van der Waals surface area (Å²) in [5.74, 6) is 0.311. The van der Waals surface area contributed by atoms with Crippen LogP contribution in [0.3, 0.4) is 0 Å². The third-order valence-electron chi connectivity index (χ3n) is 4.37. The van der Waals surface area contributed by atoms with Crippen LogP contribution in [0.1, 0.15) is 26.3 Å². The zero-order chi connectivity index (χ0) is 23.3. The van der Waals surface area contributed by atoms with Crippen LogP contribution in [-0.2, 0) is 9.59 Å². The van der Waals surface area contributed by atoms with Gasteiger partial charge in [-0.2, -0.15) is 0 Å². The Morgan fingerprint density at radius 2 is 1.91 bits per heavy atom. The molecule has 0 spiro atoms. The normalized spacial score (nSPS) is 14.9. The highest BCUT2D eigenvalue weighted by Gasteiger charge is 2.36. The van der Waals surface area contributed by atoms with E-state index in [4.69, 9.17) is 9.47 Å². The van der Waals surface area contributed by atoms with Crippen molar-refractivity contribution in [3.05, 3.63) is 56.5 Å². The van der Waals surface area contributed by atoms with E-state index in [0.29, 0.717) is 34.3 Å². The number of nitrogens with one attached hydrogen (secondary N) is 1. The molecule has 1 heterocycles. The van der Waals surface area contributed by atoms with Gasteiger partial charge in [-0.15, -0.1) is 0 Å². The van der Waals surface area contributed by atoms with E-state index in [9.17, 15) is 14.4 Å². The second kappa shape index (κ2) is 10.9. The number of amides is 3. The number of nitrogens with zero attached hydrogens (tertiary/aromatic N) is 1. The van der Waals surface area contributed by atoms with Crippen molar-refractivity contribution < 1.29 is 23.9 Å². The van der Waals surface area contributed by atoms with Crippen LogP contribution in [0, 0.1) is 3.57 Å². The van der Waals surface area contributed by atoms with Gasteiger partial charge in [0, 0.05) is 11.7 Å². The molecular formula is C23H23IN2O5S. The lowest BCUT2D eigenvalue weighted by atomic mass is 10.1. The van der Waals surface area contributed by atoms with Crippen molar-refractivity contribution in [2.45, 2.75) is 26.8 Å². The molecule has 0 atom stereocenters. The van der Waals surface area contributed by atoms with Crippen LogP contribution in [-0.4, -0.2) is 41.2 Å². The van der Waals surface area contributed by atoms with E-state index in [1.54, 1.807) is 38.1 Å². The van der Waals surface area contributed by atoms with Crippen molar-refractivity contribution in [2.75, 3.05) is 18.5 Å². The molecule has 3 rings (SSSR count). The first-order chi connectivity index (χ1) is 15.3. The monoisotopic (exact) mass is 566 g/mol. The third kappa shape index (κ3) is 5.83. The first kappa shape index (κ1) is 24.1. The number of hydrogen-bond donors (Lipinski definition) is 1. The molecule has 0 bridgehead atoms. The molecular weight excluding hydrogens is 543 g/mol. The lowest BCUT2D eigenvalue weighted by Gasteiger charge is -2.16. The summed E-state index contributed by atoms with van der Waals surface area (Å²) >= 11 is 3.02. The zero-order valence-corrected chi connectivity index (χ0v) is 20.9. The van der Waals surface area contributed by atoms with Crippen LogP contribution in [0.5, 0.6) is 11.5 Å². The molecule has 0 aromatic heterocycles. The highest BCUT2D eigenvalue weighted by atomic mass is 127. The van der Waals surface area contributed by atoms with Gasteiger partial charge in [0.25, 0.3) is 17.1 Å². The predicted molar refractivity (Wildman–Crippen MR) is 134 cm³/mol. The van der Waals surface area contributed by atoms with Crippen molar-refractivity contribution in [1.82, 2.24) is 4.90 Å². The molecule has 1 aliphatic rings. The standard InChI is InChI=1S/C23H23IN2O5S/c1-4-30-18-11-15(12-19-22(28)26(14(2)3)23(29)32-19)10-17(24)21(18)31-13-20(27)25-16-8-6-5-7-9-16/h5-12,14H,4,13H2,1-3H3,(H,25,27)/b19-12+. The topological polar surface area (TPSA) is 84.9 Å². The van der Waals surface area contributed by atoms with Gasteiger partial charge >= 0.3 is 0 Å². The van der Waals surface area contributed by atoms with Crippen LogP contribution >= 0.6 is 34.4 Å². The lowest BCUT2D eigenvalue weighted by Crippen LogP contribution is -2.34. The van der Waals surface area contributed by atoms with Crippen molar-refractivity contribution in [3.63, 3.8) is 0 Å². The molecule has 9 heteroatoms. The largest absolute Gasteiger partial charge is 0.490 e. The maximum absolute atomic E-state index is 12.6. The number of halogens is 1. The molecule has 3 amide bonds. The number of para-hydroxylation sites is 1. The lowest BCUT2D eigenvalue weighted by molar-refractivity contribution is -0.123. The summed E-state index contributed by atoms with van der Waals surface area (Å²) in [6.45, 7) is 5.66. The Morgan fingerprint density at radius 1 is 1.19 bits per heavy atom. The Kier molecular flexibility index (Phi) is 8.19. The fourth-order valence-corrected chi connectivity index (χ4v) is 4.75. The van der Waals surface area contributed by atoms with Crippen molar-refractivity contribution in [3.8, 4) is 11.5 Å². The highest BCUT2D eigenvalue weighted by molar-refractivity contribution is 14.1. The average Bonchev–Trinajstić information content (AvgIpc) is 3.01. The number of imide groups is 1. The molecule has 1 fully saturated rings. The Labute approximate surface area is 204 Å². The maximum Gasteiger partial charge on any atom is 0.293 e. The fraction of sp³-hybridized carbons (Fsp3) is 0.261. The number of anilines is 1. The van der Waals surface area contributed by atoms with Crippen LogP contribution in [0.2, 0.25) is 0 Å². The van der Waals surface area contributed by atoms with Crippen molar-refractivity contribution >= 4 is 63.2 Å². The molecule has 0 unspecified atom stereocenters. The van der Waals surface area contributed by atoms with Crippen LogP contribution < -0.4 is 14.8 Å². The second-order valence-electron chi connectivity index (χ2n) is 7.11. The quantitative estimate of drug-likeness (QED) is 0.352. The Hall–Kier alpha value is -2.53. The van der Waals surface area contributed by atoms with Gasteiger partial charge in [-0.05, 0) is 91.0 Å². The summed E-state index contributed by atoms with van der Waals surface area (Å²) in [6, 6.07) is 12.5. The Balaban J connectivity index is 1.78. The summed E-state index contributed by atoms with van der Waals surface area (Å²) in [5.41, 5.74) is 1.39. The predicted octanol–water partition coefficient (Wildman–Crippen LogP) is 5.15. The summed E-state index contributed by atoms with van der Waals surface area (Å²) in [7, 11) is 0. The number of rotatable bonds is 8. The number of carbonyl (C=O) groups excluding carboxylic acids is 3. The van der Waals surface area contributed by atoms with Crippen molar-refractivity contribution in [1.29, 1.82) is 0 Å². The minimum Gasteiger partial charge on any atom is -0.490 e. The molecule has 2 aromatic carbocycles. The fourth-order valence-electron chi connectivity index (χ4n) is 3.01. The first-order valence-corrected chi connectivity index (χ1v) is 11.9. The molecule has 0 radical (unpaired) electrons. The van der Waals surface area contributed by atoms with E-state index in [1.165, 1.54) is 4.90 Å². The van der Waals surface area contributed by atoms with E-state index in [1.807, 2.05) is 31.2 Å². The van der Waals surface area contributed by atoms with E-state index >= 15 is 0 Å². The number of carbonyl (C=O) groups is 3. The van der Waals surface area contributed by atoms with Gasteiger partial charge in [-0.3, -0.25) is 19.3 Å². The molecule has 1 saturated heterocycles. The van der Waals surface area contributed by atoms with Crippen molar-refractivity contribution in [2.24, 2.45) is 0 Å². The van der Waals surface area contributed by atoms with E-state index in [-0.39, 0.29) is 29.7 Å². The van der Waals surface area contributed by atoms with Crippen LogP contribution in [0.4, 0.5) is 10.5 Å². The summed E-state index contributed by atoms with van der Waals surface area (Å²) in [5, 5.41) is 2.49. The SMILES string of the molecule is CCOc1cc(/C=C2/SC(=O)N(C(C)C)C2=O)cc(I)c1OCC(=O)Nc1ccccc1. The van der Waals surface area contributed by atoms with Gasteiger partial charge in [-0.25, -0.2) is 0 Å². The zero-order valence-electron chi connectivity index (χ0n) is 17.9. The van der Waals surface area contributed by atoms with Gasteiger partial charge in [-0.1, -0.05) is 18.2 Å². The molecule has 0 saturated carbocycles.